The SMILES string of the molecule is CCCNC1CC(Oc2ccc(C(C)C)cc2)C1OCC. The first kappa shape index (κ1) is 16.3. The van der Waals surface area contributed by atoms with Crippen molar-refractivity contribution in [2.24, 2.45) is 0 Å². The van der Waals surface area contributed by atoms with Gasteiger partial charge in [-0.25, -0.2) is 0 Å². The molecule has 21 heavy (non-hydrogen) atoms. The van der Waals surface area contributed by atoms with Gasteiger partial charge in [-0.1, -0.05) is 32.9 Å². The Kier molecular flexibility index (Phi) is 6.07. The molecule has 3 nitrogen and oxygen atoms in total. The van der Waals surface area contributed by atoms with E-state index in [0.29, 0.717) is 12.0 Å². The van der Waals surface area contributed by atoms with Gasteiger partial charge in [0.05, 0.1) is 0 Å². The minimum absolute atomic E-state index is 0.171. The molecule has 0 spiro atoms. The number of benzene rings is 1. The molecule has 1 aromatic rings. The molecule has 2 rings (SSSR count). The van der Waals surface area contributed by atoms with Gasteiger partial charge in [0.2, 0.25) is 0 Å². The number of ether oxygens (including phenoxy) is 2. The molecule has 1 saturated carbocycles. The Morgan fingerprint density at radius 1 is 1.19 bits per heavy atom. The van der Waals surface area contributed by atoms with Crippen molar-refractivity contribution in [2.45, 2.75) is 64.7 Å². The Morgan fingerprint density at radius 2 is 1.90 bits per heavy atom. The van der Waals surface area contributed by atoms with E-state index < -0.39 is 0 Å². The molecule has 0 saturated heterocycles. The van der Waals surface area contributed by atoms with Gasteiger partial charge in [0.25, 0.3) is 0 Å². The van der Waals surface area contributed by atoms with Crippen molar-refractivity contribution >= 4 is 0 Å². The molecule has 1 aliphatic carbocycles. The maximum absolute atomic E-state index is 6.10. The number of hydrogen-bond donors (Lipinski definition) is 1. The summed E-state index contributed by atoms with van der Waals surface area (Å²) >= 11 is 0. The summed E-state index contributed by atoms with van der Waals surface area (Å²) in [5.41, 5.74) is 1.35. The third kappa shape index (κ3) is 4.21. The highest BCUT2D eigenvalue weighted by Crippen LogP contribution is 2.30. The van der Waals surface area contributed by atoms with Crippen LogP contribution in [0.2, 0.25) is 0 Å². The van der Waals surface area contributed by atoms with E-state index in [2.05, 4.69) is 50.4 Å². The molecule has 3 heteroatoms. The average Bonchev–Trinajstić information content (AvgIpc) is 2.48. The minimum Gasteiger partial charge on any atom is -0.488 e. The average molecular weight is 291 g/mol. The van der Waals surface area contributed by atoms with Gasteiger partial charge in [-0.3, -0.25) is 0 Å². The van der Waals surface area contributed by atoms with E-state index in [1.165, 1.54) is 5.56 Å². The fourth-order valence-electron chi connectivity index (χ4n) is 2.75. The van der Waals surface area contributed by atoms with Crippen LogP contribution in [-0.4, -0.2) is 31.4 Å². The molecule has 1 aromatic carbocycles. The van der Waals surface area contributed by atoms with Crippen LogP contribution in [0.4, 0.5) is 0 Å². The lowest BCUT2D eigenvalue weighted by Crippen LogP contribution is -2.61. The lowest BCUT2D eigenvalue weighted by atomic mass is 9.85. The van der Waals surface area contributed by atoms with Crippen molar-refractivity contribution in [1.82, 2.24) is 5.32 Å². The van der Waals surface area contributed by atoms with E-state index in [1.54, 1.807) is 0 Å². The molecule has 3 atom stereocenters. The molecule has 1 fully saturated rings. The van der Waals surface area contributed by atoms with E-state index in [-0.39, 0.29) is 12.2 Å². The summed E-state index contributed by atoms with van der Waals surface area (Å²) in [6, 6.07) is 8.89. The third-order valence-corrected chi connectivity index (χ3v) is 4.10. The van der Waals surface area contributed by atoms with Gasteiger partial charge in [0.1, 0.15) is 18.0 Å². The Bertz CT molecular complexity index is 416. The van der Waals surface area contributed by atoms with Crippen molar-refractivity contribution in [2.75, 3.05) is 13.2 Å². The second kappa shape index (κ2) is 7.81. The summed E-state index contributed by atoms with van der Waals surface area (Å²) in [5, 5.41) is 3.54. The molecule has 0 heterocycles. The lowest BCUT2D eigenvalue weighted by molar-refractivity contribution is -0.104. The van der Waals surface area contributed by atoms with Crippen LogP contribution in [0.5, 0.6) is 5.75 Å². The summed E-state index contributed by atoms with van der Waals surface area (Å²) < 4.78 is 11.9. The van der Waals surface area contributed by atoms with Crippen molar-refractivity contribution in [3.63, 3.8) is 0 Å². The van der Waals surface area contributed by atoms with E-state index in [4.69, 9.17) is 9.47 Å². The zero-order chi connectivity index (χ0) is 15.2. The van der Waals surface area contributed by atoms with E-state index >= 15 is 0 Å². The normalized spacial score (nSPS) is 24.9. The fourth-order valence-corrected chi connectivity index (χ4v) is 2.75. The van der Waals surface area contributed by atoms with Crippen molar-refractivity contribution in [3.8, 4) is 5.75 Å². The van der Waals surface area contributed by atoms with Crippen molar-refractivity contribution in [3.05, 3.63) is 29.8 Å². The van der Waals surface area contributed by atoms with Gasteiger partial charge in [0.15, 0.2) is 0 Å². The zero-order valence-corrected chi connectivity index (χ0v) is 13.8. The van der Waals surface area contributed by atoms with Crippen LogP contribution in [-0.2, 0) is 4.74 Å². The lowest BCUT2D eigenvalue weighted by Gasteiger charge is -2.44. The molecule has 0 radical (unpaired) electrons. The smallest absolute Gasteiger partial charge is 0.128 e. The molecule has 0 bridgehead atoms. The van der Waals surface area contributed by atoms with Crippen LogP contribution in [0.3, 0.4) is 0 Å². The molecular weight excluding hydrogens is 262 g/mol. The highest BCUT2D eigenvalue weighted by molar-refractivity contribution is 5.29. The van der Waals surface area contributed by atoms with Crippen LogP contribution in [0, 0.1) is 0 Å². The standard InChI is InChI=1S/C18H29NO2/c1-5-11-19-16-12-17(18(16)20-6-2)21-15-9-7-14(8-10-15)13(3)4/h7-10,13,16-19H,5-6,11-12H2,1-4H3. The minimum atomic E-state index is 0.171. The quantitative estimate of drug-likeness (QED) is 0.791. The van der Waals surface area contributed by atoms with Crippen LogP contribution in [0.25, 0.3) is 0 Å². The molecule has 3 unspecified atom stereocenters. The second-order valence-electron chi connectivity index (χ2n) is 6.10. The first-order valence-corrected chi connectivity index (χ1v) is 8.27. The van der Waals surface area contributed by atoms with E-state index in [1.807, 2.05) is 6.92 Å². The fraction of sp³-hybridized carbons (Fsp3) is 0.667. The van der Waals surface area contributed by atoms with Crippen molar-refractivity contribution < 1.29 is 9.47 Å². The number of nitrogens with one attached hydrogen (secondary N) is 1. The summed E-state index contributed by atoms with van der Waals surface area (Å²) in [6.45, 7) is 10.4. The molecule has 0 aliphatic heterocycles. The number of rotatable bonds is 8. The van der Waals surface area contributed by atoms with Gasteiger partial charge in [-0.05, 0) is 43.5 Å². The highest BCUT2D eigenvalue weighted by Gasteiger charge is 2.43. The van der Waals surface area contributed by atoms with Gasteiger partial charge in [0, 0.05) is 19.1 Å². The molecule has 0 aromatic heterocycles. The Morgan fingerprint density at radius 3 is 2.48 bits per heavy atom. The predicted molar refractivity (Wildman–Crippen MR) is 87.1 cm³/mol. The molecule has 1 aliphatic rings. The first-order chi connectivity index (χ1) is 10.2. The van der Waals surface area contributed by atoms with E-state index in [0.717, 1.165) is 31.7 Å². The first-order valence-electron chi connectivity index (χ1n) is 8.27. The predicted octanol–water partition coefficient (Wildman–Crippen LogP) is 3.73. The maximum atomic E-state index is 6.10. The van der Waals surface area contributed by atoms with Gasteiger partial charge in [-0.2, -0.15) is 0 Å². The maximum Gasteiger partial charge on any atom is 0.128 e. The number of hydrogen-bond acceptors (Lipinski definition) is 3. The van der Waals surface area contributed by atoms with Crippen LogP contribution >= 0.6 is 0 Å². The Labute approximate surface area is 129 Å². The second-order valence-corrected chi connectivity index (χ2v) is 6.10. The topological polar surface area (TPSA) is 30.5 Å². The van der Waals surface area contributed by atoms with E-state index in [9.17, 15) is 0 Å². The van der Waals surface area contributed by atoms with Gasteiger partial charge >= 0.3 is 0 Å². The third-order valence-electron chi connectivity index (χ3n) is 4.10. The largest absolute Gasteiger partial charge is 0.488 e. The zero-order valence-electron chi connectivity index (χ0n) is 13.8. The molecule has 0 amide bonds. The monoisotopic (exact) mass is 291 g/mol. The molecule has 118 valence electrons. The van der Waals surface area contributed by atoms with Gasteiger partial charge < -0.3 is 14.8 Å². The van der Waals surface area contributed by atoms with Crippen LogP contribution in [0.1, 0.15) is 52.0 Å². The van der Waals surface area contributed by atoms with Crippen LogP contribution in [0.15, 0.2) is 24.3 Å². The summed E-state index contributed by atoms with van der Waals surface area (Å²) in [5.74, 6) is 1.50. The Balaban J connectivity index is 1.89. The summed E-state index contributed by atoms with van der Waals surface area (Å²) in [6.07, 6.45) is 2.52. The Hall–Kier alpha value is -1.06. The summed E-state index contributed by atoms with van der Waals surface area (Å²) in [7, 11) is 0. The highest BCUT2D eigenvalue weighted by atomic mass is 16.5. The molecular formula is C18H29NO2. The van der Waals surface area contributed by atoms with Crippen molar-refractivity contribution in [1.29, 1.82) is 0 Å². The molecule has 1 N–H and O–H groups in total. The summed E-state index contributed by atoms with van der Waals surface area (Å²) in [4.78, 5) is 0. The van der Waals surface area contributed by atoms with Crippen LogP contribution < -0.4 is 10.1 Å². The van der Waals surface area contributed by atoms with Gasteiger partial charge in [-0.15, -0.1) is 0 Å².